The summed E-state index contributed by atoms with van der Waals surface area (Å²) < 4.78 is 6.51. The van der Waals surface area contributed by atoms with E-state index in [-0.39, 0.29) is 18.0 Å². The topological polar surface area (TPSA) is 12.5 Å². The van der Waals surface area contributed by atoms with Gasteiger partial charge in [-0.1, -0.05) is 48.5 Å². The number of likely N-dealkylation sites (N-methyl/N-ethyl adjacent to an activating group) is 1. The molecule has 0 aliphatic carbocycles. The van der Waals surface area contributed by atoms with Crippen molar-refractivity contribution in [3.8, 4) is 5.75 Å². The fourth-order valence-electron chi connectivity index (χ4n) is 3.74. The zero-order valence-corrected chi connectivity index (χ0v) is 13.0. The number of para-hydroxylation sites is 1. The van der Waals surface area contributed by atoms with E-state index in [1.54, 1.807) is 0 Å². The molecular formula is C18H20ClNO. The van der Waals surface area contributed by atoms with E-state index in [0.29, 0.717) is 5.92 Å². The Balaban J connectivity index is 0.00000132. The van der Waals surface area contributed by atoms with Gasteiger partial charge >= 0.3 is 0 Å². The molecule has 2 nitrogen and oxygen atoms in total. The van der Waals surface area contributed by atoms with Crippen LogP contribution >= 0.6 is 12.4 Å². The van der Waals surface area contributed by atoms with Crippen LogP contribution in [0.15, 0.2) is 54.6 Å². The number of nitrogens with zero attached hydrogens (tertiary/aromatic N) is 1. The molecule has 2 aromatic carbocycles. The van der Waals surface area contributed by atoms with Crippen LogP contribution in [0.2, 0.25) is 0 Å². The first-order valence-electron chi connectivity index (χ1n) is 7.32. The maximum Gasteiger partial charge on any atom is 0.143 e. The van der Waals surface area contributed by atoms with E-state index in [1.165, 1.54) is 11.1 Å². The summed E-state index contributed by atoms with van der Waals surface area (Å²) in [6, 6.07) is 19.3. The maximum absolute atomic E-state index is 6.51. The van der Waals surface area contributed by atoms with Crippen LogP contribution in [0.1, 0.15) is 23.5 Å². The van der Waals surface area contributed by atoms with E-state index >= 15 is 0 Å². The Kier molecular flexibility index (Phi) is 3.68. The molecule has 2 aliphatic heterocycles. The van der Waals surface area contributed by atoms with Crippen molar-refractivity contribution >= 4 is 12.4 Å². The smallest absolute Gasteiger partial charge is 0.143 e. The summed E-state index contributed by atoms with van der Waals surface area (Å²) in [5.74, 6) is 1.50. The Labute approximate surface area is 132 Å². The number of ether oxygens (including phenoxy) is 1. The molecule has 0 spiro atoms. The summed E-state index contributed by atoms with van der Waals surface area (Å²) >= 11 is 0. The fourth-order valence-corrected chi connectivity index (χ4v) is 3.74. The number of likely N-dealkylation sites (tertiary alicyclic amines) is 1. The highest BCUT2D eigenvalue weighted by molar-refractivity contribution is 5.85. The van der Waals surface area contributed by atoms with Crippen LogP contribution in [0.5, 0.6) is 5.75 Å². The molecule has 2 heterocycles. The third kappa shape index (κ3) is 2.14. The molecule has 0 saturated carbocycles. The SMILES string of the molecule is CN1CC[C@]2(c3ccccc3)Oc3ccccc3[C@@H]2C1.Cl. The Hall–Kier alpha value is -1.51. The molecule has 0 radical (unpaired) electrons. The average molecular weight is 302 g/mol. The average Bonchev–Trinajstić information content (AvgIpc) is 2.83. The van der Waals surface area contributed by atoms with Gasteiger partial charge in [0.25, 0.3) is 0 Å². The monoisotopic (exact) mass is 301 g/mol. The van der Waals surface area contributed by atoms with E-state index < -0.39 is 0 Å². The Morgan fingerprint density at radius 1 is 1.05 bits per heavy atom. The minimum Gasteiger partial charge on any atom is -0.482 e. The third-order valence-electron chi connectivity index (χ3n) is 4.77. The lowest BCUT2D eigenvalue weighted by Gasteiger charge is -2.42. The van der Waals surface area contributed by atoms with Crippen molar-refractivity contribution in [2.24, 2.45) is 0 Å². The van der Waals surface area contributed by atoms with Gasteiger partial charge in [0.1, 0.15) is 11.4 Å². The van der Waals surface area contributed by atoms with Crippen LogP contribution in [0.3, 0.4) is 0 Å². The van der Waals surface area contributed by atoms with Gasteiger partial charge in [-0.2, -0.15) is 0 Å². The molecule has 2 atom stereocenters. The predicted molar refractivity (Wildman–Crippen MR) is 87.3 cm³/mol. The minimum absolute atomic E-state index is 0. The second-order valence-corrected chi connectivity index (χ2v) is 5.96. The van der Waals surface area contributed by atoms with Gasteiger partial charge in [0, 0.05) is 31.0 Å². The summed E-state index contributed by atoms with van der Waals surface area (Å²) in [7, 11) is 2.20. The second-order valence-electron chi connectivity index (χ2n) is 5.96. The minimum atomic E-state index is -0.169. The van der Waals surface area contributed by atoms with Crippen LogP contribution < -0.4 is 4.74 Å². The van der Waals surface area contributed by atoms with Gasteiger partial charge in [-0.25, -0.2) is 0 Å². The van der Waals surface area contributed by atoms with Gasteiger partial charge in [0.15, 0.2) is 0 Å². The summed E-state index contributed by atoms with van der Waals surface area (Å²) in [5.41, 5.74) is 2.51. The van der Waals surface area contributed by atoms with Gasteiger partial charge in [-0.3, -0.25) is 0 Å². The number of piperidine rings is 1. The van der Waals surface area contributed by atoms with E-state index in [0.717, 1.165) is 25.3 Å². The lowest BCUT2D eigenvalue weighted by molar-refractivity contribution is 0.00703. The summed E-state index contributed by atoms with van der Waals surface area (Å²) in [6.45, 7) is 2.14. The van der Waals surface area contributed by atoms with Gasteiger partial charge in [0.05, 0.1) is 0 Å². The highest BCUT2D eigenvalue weighted by Gasteiger charge is 2.51. The number of benzene rings is 2. The lowest BCUT2D eigenvalue weighted by atomic mass is 9.74. The highest BCUT2D eigenvalue weighted by atomic mass is 35.5. The maximum atomic E-state index is 6.51. The van der Waals surface area contributed by atoms with E-state index in [1.807, 2.05) is 0 Å². The van der Waals surface area contributed by atoms with Crippen molar-refractivity contribution in [3.63, 3.8) is 0 Å². The molecule has 0 N–H and O–H groups in total. The highest BCUT2D eigenvalue weighted by Crippen LogP contribution is 2.53. The standard InChI is InChI=1S/C18H19NO.ClH/c1-19-12-11-18(14-7-3-2-4-8-14)16(13-19)15-9-5-6-10-17(15)20-18;/h2-10,16H,11-13H2,1H3;1H/t16-,18+;/m0./s1. The van der Waals surface area contributed by atoms with Gasteiger partial charge in [-0.05, 0) is 18.7 Å². The van der Waals surface area contributed by atoms with Crippen LogP contribution in [0.25, 0.3) is 0 Å². The van der Waals surface area contributed by atoms with Gasteiger partial charge in [0.2, 0.25) is 0 Å². The normalized spacial score (nSPS) is 27.2. The summed E-state index contributed by atoms with van der Waals surface area (Å²) in [6.07, 6.45) is 1.05. The number of hydrogen-bond donors (Lipinski definition) is 0. The summed E-state index contributed by atoms with van der Waals surface area (Å²) in [4.78, 5) is 2.41. The van der Waals surface area contributed by atoms with Gasteiger partial charge in [-0.15, -0.1) is 12.4 Å². The molecule has 4 rings (SSSR count). The molecule has 2 aliphatic rings. The molecule has 21 heavy (non-hydrogen) atoms. The first-order chi connectivity index (χ1) is 9.79. The van der Waals surface area contributed by atoms with Crippen LogP contribution in [-0.4, -0.2) is 25.0 Å². The zero-order chi connectivity index (χ0) is 13.6. The molecule has 0 unspecified atom stereocenters. The van der Waals surface area contributed by atoms with Crippen molar-refractivity contribution in [3.05, 3.63) is 65.7 Å². The fraction of sp³-hybridized carbons (Fsp3) is 0.333. The zero-order valence-electron chi connectivity index (χ0n) is 12.2. The number of hydrogen-bond acceptors (Lipinski definition) is 2. The van der Waals surface area contributed by atoms with Crippen molar-refractivity contribution in [1.29, 1.82) is 0 Å². The van der Waals surface area contributed by atoms with Crippen LogP contribution in [0, 0.1) is 0 Å². The molecule has 0 amide bonds. The van der Waals surface area contributed by atoms with E-state index in [4.69, 9.17) is 4.74 Å². The van der Waals surface area contributed by atoms with E-state index in [9.17, 15) is 0 Å². The van der Waals surface area contributed by atoms with Crippen molar-refractivity contribution < 1.29 is 4.74 Å². The number of rotatable bonds is 1. The Morgan fingerprint density at radius 2 is 1.76 bits per heavy atom. The van der Waals surface area contributed by atoms with Crippen LogP contribution in [0.4, 0.5) is 0 Å². The van der Waals surface area contributed by atoms with Crippen molar-refractivity contribution in [2.75, 3.05) is 20.1 Å². The van der Waals surface area contributed by atoms with Gasteiger partial charge < -0.3 is 9.64 Å². The first kappa shape index (κ1) is 14.4. The lowest BCUT2D eigenvalue weighted by Crippen LogP contribution is -2.47. The Bertz CT molecular complexity index is 630. The molecule has 1 fully saturated rings. The second kappa shape index (κ2) is 5.36. The van der Waals surface area contributed by atoms with Crippen molar-refractivity contribution in [1.82, 2.24) is 4.90 Å². The largest absolute Gasteiger partial charge is 0.482 e. The molecule has 0 aromatic heterocycles. The number of fused-ring (bicyclic) bond motifs is 3. The Morgan fingerprint density at radius 3 is 2.57 bits per heavy atom. The molecule has 1 saturated heterocycles. The molecule has 3 heteroatoms. The molecule has 2 aromatic rings. The predicted octanol–water partition coefficient (Wildman–Crippen LogP) is 3.82. The quantitative estimate of drug-likeness (QED) is 0.794. The van der Waals surface area contributed by atoms with E-state index in [2.05, 4.69) is 66.5 Å². The molecule has 0 bridgehead atoms. The number of halogens is 1. The first-order valence-corrected chi connectivity index (χ1v) is 7.32. The van der Waals surface area contributed by atoms with Crippen molar-refractivity contribution in [2.45, 2.75) is 17.9 Å². The molecular weight excluding hydrogens is 282 g/mol. The summed E-state index contributed by atoms with van der Waals surface area (Å²) in [5, 5.41) is 0. The van der Waals surface area contributed by atoms with Crippen LogP contribution in [-0.2, 0) is 5.60 Å². The third-order valence-corrected chi connectivity index (χ3v) is 4.77. The molecule has 110 valence electrons.